The van der Waals surface area contributed by atoms with E-state index in [9.17, 15) is 92.3 Å². The van der Waals surface area contributed by atoms with Gasteiger partial charge in [-0.3, -0.25) is 54.4 Å². The molecule has 668 valence electrons. The molecule has 123 heavy (non-hydrogen) atoms. The minimum atomic E-state index is -4.50. The molecule has 3 amide bonds. The summed E-state index contributed by atoms with van der Waals surface area (Å²) in [5.74, 6) is -2.57. The van der Waals surface area contributed by atoms with E-state index in [4.69, 9.17) is 46.6 Å². The lowest BCUT2D eigenvalue weighted by Gasteiger charge is -2.39. The number of sulfonamides is 2. The number of benzene rings is 5. The number of hydrogen-bond donors (Lipinski definition) is 6. The van der Waals surface area contributed by atoms with Crippen LogP contribution < -0.4 is 36.3 Å². The number of primary sulfonamides is 2. The van der Waals surface area contributed by atoms with Crippen molar-refractivity contribution in [2.24, 2.45) is 39.2 Å². The third-order valence-corrected chi connectivity index (χ3v) is 24.5. The summed E-state index contributed by atoms with van der Waals surface area (Å²) in [6.45, 7) is 23.6. The van der Waals surface area contributed by atoms with Crippen LogP contribution in [0, 0.1) is 59.3 Å². The molecule has 4 fully saturated rings. The Bertz CT molecular complexity index is 5450. The number of aromatic nitrogens is 2. The fourth-order valence-corrected chi connectivity index (χ4v) is 16.7. The third-order valence-electron chi connectivity index (χ3n) is 20.7. The van der Waals surface area contributed by atoms with E-state index in [-0.39, 0.29) is 98.8 Å². The number of nitrogens with two attached hydrogens (primary N) is 3. The highest BCUT2D eigenvalue weighted by molar-refractivity contribution is 7.92. The van der Waals surface area contributed by atoms with Crippen molar-refractivity contribution in [2.45, 2.75) is 114 Å². The number of morpholine rings is 3. The number of ether oxygens (including phenoxy) is 4. The van der Waals surface area contributed by atoms with Crippen molar-refractivity contribution < 1.29 is 95.7 Å². The minimum Gasteiger partial charge on any atom is -0.455 e. The van der Waals surface area contributed by atoms with E-state index >= 15 is 0 Å². The van der Waals surface area contributed by atoms with Crippen LogP contribution in [0.4, 0.5) is 51.7 Å². The van der Waals surface area contributed by atoms with Gasteiger partial charge in [0.05, 0.1) is 84.9 Å². The summed E-state index contributed by atoms with van der Waals surface area (Å²) in [5, 5.41) is 50.1. The summed E-state index contributed by atoms with van der Waals surface area (Å²) in [6, 6.07) is 21.0. The molecule has 7 aromatic rings. The van der Waals surface area contributed by atoms with Crippen LogP contribution >= 0.6 is 11.6 Å². The van der Waals surface area contributed by atoms with Gasteiger partial charge in [0.1, 0.15) is 34.3 Å². The number of piperazine rings is 1. The van der Waals surface area contributed by atoms with Crippen molar-refractivity contribution in [3.8, 4) is 11.5 Å². The van der Waals surface area contributed by atoms with Crippen molar-refractivity contribution in [2.75, 3.05) is 133 Å². The number of nitro groups is 3. The summed E-state index contributed by atoms with van der Waals surface area (Å²) >= 11 is 6.54. The molecule has 0 radical (unpaired) electrons. The number of ketones is 1. The second-order valence-electron chi connectivity index (χ2n) is 31.6. The molecule has 0 saturated carbocycles. The molecular formula is C80H100ClF4N15O20S3. The predicted molar refractivity (Wildman–Crippen MR) is 450 cm³/mol. The van der Waals surface area contributed by atoms with Crippen molar-refractivity contribution in [3.05, 3.63) is 179 Å². The number of anilines is 3. The molecule has 0 spiro atoms. The molecular weight excluding hydrogens is 1700 g/mol. The summed E-state index contributed by atoms with van der Waals surface area (Å²) in [5.41, 5.74) is 7.08. The summed E-state index contributed by atoms with van der Waals surface area (Å²) < 4.78 is 148. The fraction of sp³-hybridized carbons (Fsp3) is 0.463. The Hall–Kier alpha value is -10.4. The fourth-order valence-electron chi connectivity index (χ4n) is 14.1. The van der Waals surface area contributed by atoms with Gasteiger partial charge in [-0.25, -0.2) is 40.5 Å². The lowest BCUT2D eigenvalue weighted by atomic mass is 9.72. The van der Waals surface area contributed by atoms with E-state index in [2.05, 4.69) is 44.2 Å². The highest BCUT2D eigenvalue weighted by Crippen LogP contribution is 2.46. The van der Waals surface area contributed by atoms with E-state index in [1.807, 2.05) is 38.7 Å². The van der Waals surface area contributed by atoms with Gasteiger partial charge in [0, 0.05) is 156 Å². The van der Waals surface area contributed by atoms with E-state index in [1.54, 1.807) is 48.0 Å². The van der Waals surface area contributed by atoms with E-state index < -0.39 is 107 Å². The first-order valence-electron chi connectivity index (χ1n) is 39.2. The summed E-state index contributed by atoms with van der Waals surface area (Å²) in [6.07, 6.45) is 0.333. The largest absolute Gasteiger partial charge is 0.455 e. The molecule has 43 heteroatoms. The van der Waals surface area contributed by atoms with E-state index in [0.29, 0.717) is 134 Å². The number of rotatable bonds is 25. The lowest BCUT2D eigenvalue weighted by Crippen LogP contribution is -2.49. The number of nitrogens with zero attached hydrogens (tertiary/aromatic N) is 9. The number of amides is 3. The number of nitrogens with one attached hydrogen (secondary N) is 3. The van der Waals surface area contributed by atoms with Crippen molar-refractivity contribution in [1.82, 2.24) is 29.6 Å². The first-order valence-corrected chi connectivity index (χ1v) is 44.3. The van der Waals surface area contributed by atoms with Gasteiger partial charge in [0.15, 0.2) is 15.6 Å². The van der Waals surface area contributed by atoms with Gasteiger partial charge in [-0.2, -0.15) is 17.6 Å². The molecule has 2 aromatic heterocycles. The summed E-state index contributed by atoms with van der Waals surface area (Å²) in [4.78, 5) is 97.5. The molecule has 9 N–H and O–H groups in total. The van der Waals surface area contributed by atoms with Gasteiger partial charge in [0.2, 0.25) is 43.6 Å². The van der Waals surface area contributed by atoms with Crippen LogP contribution in [-0.4, -0.2) is 229 Å². The summed E-state index contributed by atoms with van der Waals surface area (Å²) in [7, 11) is -12.5. The number of carbonyl (C=O) groups is 4. The molecule has 0 unspecified atom stereocenters. The second kappa shape index (κ2) is 41.4. The SMILES string of the molecule is CC(C)C(=O)N1CCO[C@H](CN)C1.CC(C)C(=O)N1CCO[C@H](CNc2ccc(S(=O)(=O)CC(=O)c3ccc(N4CCN(CC5=C(c6ccc(C(F)(F)F)cc6Cl)CC(C)(C)CC5)CC4)cc3Oc3cnc4[nH]ccc4c3)cc2[N+](=O)[O-])C1.CC(C)C(=O)N1CCO[C@H](CNc2ccc(S(N)(=O)=O)cc2[N+](=O)[O-])C1.NS(=O)(=O)c1ccc(F)c([N+](=O)[O-])c1. The van der Waals surface area contributed by atoms with Crippen LogP contribution in [0.5, 0.6) is 11.5 Å². The molecule has 5 aromatic carbocycles. The monoisotopic (exact) mass is 1800 g/mol. The quantitative estimate of drug-likeness (QED) is 0.0134. The highest BCUT2D eigenvalue weighted by atomic mass is 35.5. The molecule has 35 nitrogen and oxygen atoms in total. The molecule has 5 aliphatic rings. The molecule has 4 saturated heterocycles. The number of carbonyl (C=O) groups excluding carboxylic acids is 4. The maximum Gasteiger partial charge on any atom is 0.416 e. The first-order chi connectivity index (χ1) is 57.7. The van der Waals surface area contributed by atoms with Crippen LogP contribution in [0.2, 0.25) is 5.02 Å². The molecule has 12 rings (SSSR count). The number of pyridine rings is 1. The predicted octanol–water partition coefficient (Wildman–Crippen LogP) is 10.4. The standard InChI is InChI=1S/C50H55ClF3N7O8S.C15H22N4O6S.C9H18N2O2.C6H5FN2O4S/c1-31(2)48(63)60-19-20-68-37(29-60)27-56-43-10-7-38(24-44(43)61(64)65)70(66,67)30-45(62)40-9-6-35(23-46(40)69-36-21-32-12-14-55-47(32)57-26-36)59-17-15-58(16-18-59)28-33-11-13-49(3,4)25-41(33)39-8-5-34(22-42(39)51)50(52,53)54;1-10(2)15(20)18-5-6-25-11(9-18)8-17-13-4-3-12(26(16,23)24)7-14(13)19(21)22;1-7(2)9(12)11-3-4-13-8(5-10)6-11;7-5-2-1-4(14(8,12)13)3-6(5)9(10)11/h5-10,12,14,21-24,26,31,37,56H,11,13,15-20,25,27-30H2,1-4H3,(H,55,57);3-4,7,10-11,17H,5-6,8-9H2,1-2H3,(H2,16,23,24);7-8H,3-6,10H2,1-2H3;1-3H,(H2,8,12,13)/t37-;11-;8-;/m111./s1. The number of nitro benzene ring substituents is 3. The number of aromatic amines is 1. The Kier molecular flexibility index (Phi) is 32.4. The second-order valence-corrected chi connectivity index (χ2v) is 37.1. The first kappa shape index (κ1) is 96.4. The van der Waals surface area contributed by atoms with Gasteiger partial charge >= 0.3 is 11.9 Å². The number of fused-ring (bicyclic) bond motifs is 1. The van der Waals surface area contributed by atoms with E-state index in [0.717, 1.165) is 65.4 Å². The molecule has 1 aliphatic carbocycles. The molecule has 6 heterocycles. The van der Waals surface area contributed by atoms with Crippen molar-refractivity contribution >= 4 is 116 Å². The number of halogens is 5. The lowest BCUT2D eigenvalue weighted by molar-refractivity contribution is -0.387. The van der Waals surface area contributed by atoms with Gasteiger partial charge in [-0.15, -0.1) is 0 Å². The van der Waals surface area contributed by atoms with Gasteiger partial charge < -0.3 is 59.9 Å². The van der Waals surface area contributed by atoms with Gasteiger partial charge in [-0.1, -0.05) is 78.6 Å². The van der Waals surface area contributed by atoms with Crippen molar-refractivity contribution in [3.63, 3.8) is 0 Å². The average Bonchev–Trinajstić information content (AvgIpc) is 1.09. The third kappa shape index (κ3) is 26.3. The van der Waals surface area contributed by atoms with Crippen LogP contribution in [0.3, 0.4) is 0 Å². The minimum absolute atomic E-state index is 0.0213. The highest BCUT2D eigenvalue weighted by Gasteiger charge is 2.37. The topological polar surface area (TPSA) is 484 Å². The Labute approximate surface area is 713 Å². The van der Waals surface area contributed by atoms with Gasteiger partial charge in [0.25, 0.3) is 11.4 Å². The number of H-pyrrole nitrogens is 1. The van der Waals surface area contributed by atoms with E-state index in [1.165, 1.54) is 42.6 Å². The Morgan fingerprint density at radius 2 is 1.15 bits per heavy atom. The zero-order valence-corrected chi connectivity index (χ0v) is 72.0. The van der Waals surface area contributed by atoms with Crippen LogP contribution in [0.1, 0.15) is 96.1 Å². The zero-order valence-electron chi connectivity index (χ0n) is 68.8. The van der Waals surface area contributed by atoms with Crippen LogP contribution in [0.15, 0.2) is 136 Å². The van der Waals surface area contributed by atoms with Crippen LogP contribution in [-0.2, 0) is 64.7 Å². The van der Waals surface area contributed by atoms with Gasteiger partial charge in [-0.05, 0) is 109 Å². The Morgan fingerprint density at radius 1 is 0.650 bits per heavy atom. The normalized spacial score (nSPS) is 17.9. The molecule has 3 atom stereocenters. The number of alkyl halides is 3. The number of allylic oxidation sites excluding steroid dienone is 1. The Balaban J connectivity index is 0.000000259. The number of sulfone groups is 1. The smallest absolute Gasteiger partial charge is 0.416 e. The van der Waals surface area contributed by atoms with Crippen LogP contribution in [0.25, 0.3) is 16.6 Å². The van der Waals surface area contributed by atoms with Crippen molar-refractivity contribution in [1.29, 1.82) is 0 Å². The number of hydrogen-bond acceptors (Lipinski definition) is 26. The zero-order chi connectivity index (χ0) is 90.4. The molecule has 0 bridgehead atoms. The molecule has 4 aliphatic heterocycles. The number of Topliss-reactive ketones (excluding diaryl/α,β-unsaturated/α-hetero) is 1. The maximum atomic E-state index is 14.1. The Morgan fingerprint density at radius 3 is 1.64 bits per heavy atom. The maximum absolute atomic E-state index is 14.1. The average molecular weight is 1800 g/mol.